The molecular weight excluding hydrogens is 136 g/mol. The molecule has 0 aliphatic heterocycles. The van der Waals surface area contributed by atoms with Gasteiger partial charge in [0, 0.05) is 0 Å². The van der Waals surface area contributed by atoms with Crippen LogP contribution in [-0.4, -0.2) is 11.4 Å². The van der Waals surface area contributed by atoms with Crippen LogP contribution in [0, 0.1) is 0 Å². The van der Waals surface area contributed by atoms with Gasteiger partial charge in [0.2, 0.25) is 0 Å². The number of hydrogen-bond donors (Lipinski definition) is 1. The molecule has 0 fully saturated rings. The summed E-state index contributed by atoms with van der Waals surface area (Å²) in [5.74, 6) is 0. The van der Waals surface area contributed by atoms with Crippen LogP contribution >= 0.6 is 11.3 Å². The molecule has 0 aromatic carbocycles. The summed E-state index contributed by atoms with van der Waals surface area (Å²) in [6.45, 7) is -0.0441. The Balaban J connectivity index is 2.98. The average Bonchev–Trinajstić information content (AvgIpc) is 2.33. The lowest BCUT2D eigenvalue weighted by molar-refractivity contribution is 0.112. The van der Waals surface area contributed by atoms with E-state index in [0.717, 1.165) is 11.8 Å². The Morgan fingerprint density at radius 1 is 1.78 bits per heavy atom. The topological polar surface area (TPSA) is 37.3 Å². The molecule has 0 aliphatic carbocycles. The molecule has 0 bridgehead atoms. The second-order valence-corrected chi connectivity index (χ2v) is 2.53. The van der Waals surface area contributed by atoms with Gasteiger partial charge in [-0.1, -0.05) is 0 Å². The van der Waals surface area contributed by atoms with Crippen molar-refractivity contribution in [1.29, 1.82) is 0 Å². The highest BCUT2D eigenvalue weighted by Crippen LogP contribution is 2.13. The van der Waals surface area contributed by atoms with E-state index in [-0.39, 0.29) is 6.61 Å². The number of rotatable bonds is 2. The third-order valence-electron chi connectivity index (χ3n) is 1.06. The first-order chi connectivity index (χ1) is 4.38. The van der Waals surface area contributed by atoms with Crippen LogP contribution in [0.1, 0.15) is 15.2 Å². The van der Waals surface area contributed by atoms with Crippen LogP contribution in [0.5, 0.6) is 0 Å². The van der Waals surface area contributed by atoms with Crippen LogP contribution in [0.4, 0.5) is 0 Å². The molecule has 0 amide bonds. The summed E-state index contributed by atoms with van der Waals surface area (Å²) in [7, 11) is 0. The lowest BCUT2D eigenvalue weighted by Gasteiger charge is -1.86. The zero-order chi connectivity index (χ0) is 6.69. The van der Waals surface area contributed by atoms with Crippen molar-refractivity contribution in [2.24, 2.45) is 0 Å². The number of hydrogen-bond acceptors (Lipinski definition) is 3. The molecule has 0 atom stereocenters. The Bertz CT molecular complexity index is 205. The molecule has 9 heavy (non-hydrogen) atoms. The molecule has 1 aromatic heterocycles. The molecule has 0 aliphatic rings. The molecule has 0 saturated carbocycles. The van der Waals surface area contributed by atoms with E-state index >= 15 is 0 Å². The highest BCUT2D eigenvalue weighted by atomic mass is 32.1. The normalized spacial score (nSPS) is 9.44. The van der Waals surface area contributed by atoms with Gasteiger partial charge in [-0.15, -0.1) is 11.3 Å². The van der Waals surface area contributed by atoms with Gasteiger partial charge in [0.05, 0.1) is 11.5 Å². The monoisotopic (exact) mass is 142 g/mol. The molecule has 0 spiro atoms. The molecular formula is C6H6O2S. The van der Waals surface area contributed by atoms with Crippen LogP contribution in [0.25, 0.3) is 0 Å². The molecule has 1 N–H and O–H groups in total. The maximum absolute atomic E-state index is 10.1. The van der Waals surface area contributed by atoms with Crippen molar-refractivity contribution < 1.29 is 9.90 Å². The predicted molar refractivity (Wildman–Crippen MR) is 35.6 cm³/mol. The fourth-order valence-electron chi connectivity index (χ4n) is 0.581. The Kier molecular flexibility index (Phi) is 1.97. The first kappa shape index (κ1) is 6.45. The third kappa shape index (κ3) is 1.17. The second-order valence-electron chi connectivity index (χ2n) is 1.59. The minimum atomic E-state index is -0.0441. The molecule has 0 unspecified atom stereocenters. The predicted octanol–water partition coefficient (Wildman–Crippen LogP) is 1.05. The number of carbonyl (C=O) groups is 1. The maximum Gasteiger partial charge on any atom is 0.160 e. The van der Waals surface area contributed by atoms with Crippen molar-refractivity contribution in [2.45, 2.75) is 6.61 Å². The summed E-state index contributed by atoms with van der Waals surface area (Å²) in [5.41, 5.74) is 0.718. The number of carbonyl (C=O) groups excluding carboxylic acids is 1. The van der Waals surface area contributed by atoms with Gasteiger partial charge in [0.1, 0.15) is 0 Å². The van der Waals surface area contributed by atoms with Gasteiger partial charge >= 0.3 is 0 Å². The minimum Gasteiger partial charge on any atom is -0.392 e. The molecule has 1 heterocycles. The number of aliphatic hydroxyl groups is 1. The van der Waals surface area contributed by atoms with E-state index in [1.54, 1.807) is 11.4 Å². The van der Waals surface area contributed by atoms with Crippen LogP contribution < -0.4 is 0 Å². The van der Waals surface area contributed by atoms with E-state index in [9.17, 15) is 4.79 Å². The quantitative estimate of drug-likeness (QED) is 0.627. The Hall–Kier alpha value is -0.670. The highest BCUT2D eigenvalue weighted by Gasteiger charge is 1.98. The number of thiophene rings is 1. The van der Waals surface area contributed by atoms with Crippen molar-refractivity contribution in [3.8, 4) is 0 Å². The van der Waals surface area contributed by atoms with Gasteiger partial charge in [0.25, 0.3) is 0 Å². The van der Waals surface area contributed by atoms with E-state index in [2.05, 4.69) is 0 Å². The zero-order valence-electron chi connectivity index (χ0n) is 4.70. The van der Waals surface area contributed by atoms with E-state index in [1.807, 2.05) is 0 Å². The van der Waals surface area contributed by atoms with Crippen molar-refractivity contribution in [3.63, 3.8) is 0 Å². The van der Waals surface area contributed by atoms with E-state index in [0.29, 0.717) is 4.88 Å². The second kappa shape index (κ2) is 2.75. The van der Waals surface area contributed by atoms with E-state index in [1.165, 1.54) is 11.3 Å². The van der Waals surface area contributed by atoms with Gasteiger partial charge in [-0.2, -0.15) is 0 Å². The smallest absolute Gasteiger partial charge is 0.160 e. The summed E-state index contributed by atoms with van der Waals surface area (Å²) in [6, 6.07) is 1.74. The molecule has 2 nitrogen and oxygen atoms in total. The largest absolute Gasteiger partial charge is 0.392 e. The van der Waals surface area contributed by atoms with Gasteiger partial charge < -0.3 is 5.11 Å². The molecule has 1 aromatic rings. The van der Waals surface area contributed by atoms with Gasteiger partial charge in [-0.25, -0.2) is 0 Å². The first-order valence-electron chi connectivity index (χ1n) is 2.51. The van der Waals surface area contributed by atoms with Gasteiger partial charge in [0.15, 0.2) is 6.29 Å². The van der Waals surface area contributed by atoms with Crippen molar-refractivity contribution in [1.82, 2.24) is 0 Å². The highest BCUT2D eigenvalue weighted by molar-refractivity contribution is 7.11. The molecule has 48 valence electrons. The number of aldehydes is 1. The first-order valence-corrected chi connectivity index (χ1v) is 3.39. The van der Waals surface area contributed by atoms with E-state index < -0.39 is 0 Å². The zero-order valence-corrected chi connectivity index (χ0v) is 5.52. The van der Waals surface area contributed by atoms with Crippen LogP contribution in [-0.2, 0) is 6.61 Å². The summed E-state index contributed by atoms with van der Waals surface area (Å²) in [6.07, 6.45) is 0.760. The Labute approximate surface area is 56.8 Å². The molecule has 0 saturated heterocycles. The third-order valence-corrected chi connectivity index (χ3v) is 1.94. The van der Waals surface area contributed by atoms with Crippen molar-refractivity contribution in [3.05, 3.63) is 21.9 Å². The maximum atomic E-state index is 10.1. The van der Waals surface area contributed by atoms with Crippen molar-refractivity contribution in [2.75, 3.05) is 0 Å². The molecule has 3 heteroatoms. The van der Waals surface area contributed by atoms with Crippen LogP contribution in [0.2, 0.25) is 0 Å². The van der Waals surface area contributed by atoms with Crippen LogP contribution in [0.3, 0.4) is 0 Å². The lowest BCUT2D eigenvalue weighted by atomic mass is 10.3. The standard InChI is InChI=1S/C6H6O2S/c7-3-5-1-2-9-6(5)4-8/h1-2,4,7H,3H2. The Morgan fingerprint density at radius 2 is 2.56 bits per heavy atom. The van der Waals surface area contributed by atoms with Gasteiger partial charge in [-0.3, -0.25) is 4.79 Å². The molecule has 1 rings (SSSR count). The fourth-order valence-corrected chi connectivity index (χ4v) is 1.30. The summed E-state index contributed by atoms with van der Waals surface area (Å²) >= 11 is 1.35. The van der Waals surface area contributed by atoms with Crippen molar-refractivity contribution >= 4 is 17.6 Å². The summed E-state index contributed by atoms with van der Waals surface area (Å²) in [5, 5.41) is 10.4. The number of aliphatic hydroxyl groups excluding tert-OH is 1. The molecule has 0 radical (unpaired) electrons. The Morgan fingerprint density at radius 3 is 3.00 bits per heavy atom. The SMILES string of the molecule is O=Cc1sccc1CO. The lowest BCUT2D eigenvalue weighted by Crippen LogP contribution is -1.82. The summed E-state index contributed by atoms with van der Waals surface area (Å²) < 4.78 is 0. The minimum absolute atomic E-state index is 0.0441. The van der Waals surface area contributed by atoms with E-state index in [4.69, 9.17) is 5.11 Å². The van der Waals surface area contributed by atoms with Crippen LogP contribution in [0.15, 0.2) is 11.4 Å². The summed E-state index contributed by atoms with van der Waals surface area (Å²) in [4.78, 5) is 10.8. The average molecular weight is 142 g/mol. The fraction of sp³-hybridized carbons (Fsp3) is 0.167. The van der Waals surface area contributed by atoms with Gasteiger partial charge in [-0.05, 0) is 17.0 Å².